The molecule has 4 rings (SSSR count). The van der Waals surface area contributed by atoms with Gasteiger partial charge in [0.2, 0.25) is 17.6 Å². The van der Waals surface area contributed by atoms with Crippen LogP contribution in [0.15, 0.2) is 27.4 Å². The van der Waals surface area contributed by atoms with Crippen molar-refractivity contribution in [3.05, 3.63) is 44.1 Å². The van der Waals surface area contributed by atoms with Crippen LogP contribution in [-0.4, -0.2) is 22.0 Å². The van der Waals surface area contributed by atoms with Gasteiger partial charge in [-0.3, -0.25) is 20.4 Å². The van der Waals surface area contributed by atoms with Gasteiger partial charge in [0.1, 0.15) is 0 Å². The number of hydrazine groups is 1. The largest absolute Gasteiger partial charge is 0.339 e. The molecule has 1 aliphatic carbocycles. The first-order chi connectivity index (χ1) is 13.6. The number of fused-ring (bicyclic) bond motifs is 1. The van der Waals surface area contributed by atoms with Crippen molar-refractivity contribution in [3.63, 3.8) is 0 Å². The van der Waals surface area contributed by atoms with Gasteiger partial charge in [-0.2, -0.15) is 16.3 Å². The first-order valence-corrected chi connectivity index (χ1v) is 10.9. The number of thiophene rings is 2. The van der Waals surface area contributed by atoms with Gasteiger partial charge < -0.3 is 4.52 Å². The fourth-order valence-corrected chi connectivity index (χ4v) is 4.89. The fourth-order valence-electron chi connectivity index (χ4n) is 3.15. The van der Waals surface area contributed by atoms with Crippen LogP contribution in [0.2, 0.25) is 0 Å². The summed E-state index contributed by atoms with van der Waals surface area (Å²) in [6.45, 7) is 2.23. The van der Waals surface area contributed by atoms with Crippen LogP contribution in [0.1, 0.15) is 45.8 Å². The van der Waals surface area contributed by atoms with Gasteiger partial charge in [0.25, 0.3) is 5.91 Å². The van der Waals surface area contributed by atoms with E-state index < -0.39 is 0 Å². The lowest BCUT2D eigenvalue weighted by molar-refractivity contribution is -0.121. The normalized spacial score (nSPS) is 15.8. The highest BCUT2D eigenvalue weighted by Gasteiger charge is 2.21. The second kappa shape index (κ2) is 8.24. The van der Waals surface area contributed by atoms with Gasteiger partial charge in [-0.15, -0.1) is 11.3 Å². The van der Waals surface area contributed by atoms with Crippen LogP contribution in [0.25, 0.3) is 11.4 Å². The first kappa shape index (κ1) is 18.8. The molecule has 0 saturated heterocycles. The Morgan fingerprint density at radius 2 is 2.25 bits per heavy atom. The van der Waals surface area contributed by atoms with Crippen molar-refractivity contribution in [3.8, 4) is 11.4 Å². The summed E-state index contributed by atoms with van der Waals surface area (Å²) in [6.07, 6.45) is 3.66. The zero-order chi connectivity index (χ0) is 19.5. The van der Waals surface area contributed by atoms with Crippen molar-refractivity contribution in [1.82, 2.24) is 21.0 Å². The third kappa shape index (κ3) is 4.31. The molecule has 0 bridgehead atoms. The molecule has 9 heteroatoms. The van der Waals surface area contributed by atoms with E-state index in [1.807, 2.05) is 22.9 Å². The number of amides is 2. The van der Waals surface area contributed by atoms with Gasteiger partial charge in [-0.05, 0) is 48.3 Å². The predicted octanol–water partition coefficient (Wildman–Crippen LogP) is 3.38. The molecule has 2 amide bonds. The SMILES string of the molecule is CC1CCc2sc(C(=O)NNC(=O)CCc3nc(-c4ccsc4)no3)cc2C1. The molecule has 7 nitrogen and oxygen atoms in total. The molecule has 0 radical (unpaired) electrons. The number of nitrogens with one attached hydrogen (secondary N) is 2. The van der Waals surface area contributed by atoms with E-state index in [1.54, 1.807) is 11.3 Å². The fraction of sp³-hybridized carbons (Fsp3) is 0.368. The lowest BCUT2D eigenvalue weighted by Crippen LogP contribution is -2.41. The number of aryl methyl sites for hydroxylation is 2. The molecule has 3 aromatic rings. The Morgan fingerprint density at radius 3 is 3.07 bits per heavy atom. The highest BCUT2D eigenvalue weighted by atomic mass is 32.1. The number of hydrogen-bond acceptors (Lipinski definition) is 7. The number of nitrogens with zero attached hydrogens (tertiary/aromatic N) is 2. The van der Waals surface area contributed by atoms with Gasteiger partial charge in [0.15, 0.2) is 0 Å². The Labute approximate surface area is 170 Å². The topological polar surface area (TPSA) is 97.1 Å². The molecule has 2 N–H and O–H groups in total. The Morgan fingerprint density at radius 1 is 1.36 bits per heavy atom. The van der Waals surface area contributed by atoms with E-state index in [2.05, 4.69) is 27.9 Å². The number of rotatable bonds is 5. The van der Waals surface area contributed by atoms with Crippen molar-refractivity contribution in [2.24, 2.45) is 5.92 Å². The van der Waals surface area contributed by atoms with Gasteiger partial charge in [-0.1, -0.05) is 12.1 Å². The van der Waals surface area contributed by atoms with E-state index in [-0.39, 0.29) is 18.2 Å². The van der Waals surface area contributed by atoms with Crippen LogP contribution in [0.5, 0.6) is 0 Å². The lowest BCUT2D eigenvalue weighted by Gasteiger charge is -2.16. The second-order valence-electron chi connectivity index (χ2n) is 6.93. The third-order valence-electron chi connectivity index (χ3n) is 4.68. The van der Waals surface area contributed by atoms with Crippen molar-refractivity contribution in [2.75, 3.05) is 0 Å². The standard InChI is InChI=1S/C19H20N4O3S2/c1-11-2-3-14-13(8-11)9-15(28-14)19(25)22-21-16(24)4-5-17-20-18(23-26-17)12-6-7-27-10-12/h6-7,9-11H,2-5,8H2,1H3,(H,21,24)(H,22,25). The average molecular weight is 417 g/mol. The molecule has 1 atom stereocenters. The summed E-state index contributed by atoms with van der Waals surface area (Å²) < 4.78 is 5.17. The van der Waals surface area contributed by atoms with Crippen LogP contribution in [0.3, 0.4) is 0 Å². The minimum absolute atomic E-state index is 0.143. The Balaban J connectivity index is 1.25. The summed E-state index contributed by atoms with van der Waals surface area (Å²) in [5.41, 5.74) is 7.10. The van der Waals surface area contributed by atoms with E-state index in [0.29, 0.717) is 28.9 Å². The zero-order valence-corrected chi connectivity index (χ0v) is 17.0. The number of carbonyl (C=O) groups is 2. The van der Waals surface area contributed by atoms with E-state index >= 15 is 0 Å². The minimum atomic E-state index is -0.307. The maximum absolute atomic E-state index is 12.3. The van der Waals surface area contributed by atoms with Crippen LogP contribution >= 0.6 is 22.7 Å². The molecule has 0 saturated carbocycles. The molecule has 28 heavy (non-hydrogen) atoms. The Hall–Kier alpha value is -2.52. The molecular weight excluding hydrogens is 396 g/mol. The minimum Gasteiger partial charge on any atom is -0.339 e. The van der Waals surface area contributed by atoms with Crippen LogP contribution in [0.4, 0.5) is 0 Å². The van der Waals surface area contributed by atoms with E-state index in [1.165, 1.54) is 21.8 Å². The molecule has 1 aliphatic rings. The molecule has 0 aliphatic heterocycles. The number of carbonyl (C=O) groups excluding carboxylic acids is 2. The number of aromatic nitrogens is 2. The van der Waals surface area contributed by atoms with Gasteiger partial charge >= 0.3 is 0 Å². The molecule has 0 aromatic carbocycles. The molecular formula is C19H20N4O3S2. The molecule has 3 heterocycles. The smallest absolute Gasteiger partial charge is 0.279 e. The highest BCUT2D eigenvalue weighted by Crippen LogP contribution is 2.32. The van der Waals surface area contributed by atoms with Crippen LogP contribution in [-0.2, 0) is 24.1 Å². The summed E-state index contributed by atoms with van der Waals surface area (Å²) in [7, 11) is 0. The average Bonchev–Trinajstić information content (AvgIpc) is 3.43. The summed E-state index contributed by atoms with van der Waals surface area (Å²) in [6, 6.07) is 3.85. The van der Waals surface area contributed by atoms with Gasteiger partial charge in [-0.25, -0.2) is 0 Å². The molecule has 0 spiro atoms. The van der Waals surface area contributed by atoms with Crippen LogP contribution < -0.4 is 10.9 Å². The third-order valence-corrected chi connectivity index (χ3v) is 6.60. The summed E-state index contributed by atoms with van der Waals surface area (Å²) >= 11 is 3.07. The summed E-state index contributed by atoms with van der Waals surface area (Å²) in [4.78, 5) is 30.5. The van der Waals surface area contributed by atoms with Gasteiger partial charge in [0.05, 0.1) is 4.88 Å². The maximum atomic E-state index is 12.3. The molecule has 146 valence electrons. The van der Waals surface area contributed by atoms with Crippen molar-refractivity contribution >= 4 is 34.5 Å². The van der Waals surface area contributed by atoms with E-state index in [9.17, 15) is 9.59 Å². The van der Waals surface area contributed by atoms with Crippen molar-refractivity contribution in [1.29, 1.82) is 0 Å². The molecule has 3 aromatic heterocycles. The second-order valence-corrected chi connectivity index (χ2v) is 8.85. The zero-order valence-electron chi connectivity index (χ0n) is 15.4. The van der Waals surface area contributed by atoms with Crippen molar-refractivity contribution in [2.45, 2.75) is 39.0 Å². The summed E-state index contributed by atoms with van der Waals surface area (Å²) in [5.74, 6) is 0.975. The lowest BCUT2D eigenvalue weighted by atomic mass is 9.90. The predicted molar refractivity (Wildman–Crippen MR) is 107 cm³/mol. The van der Waals surface area contributed by atoms with E-state index in [0.717, 1.165) is 24.8 Å². The molecule has 0 fully saturated rings. The van der Waals surface area contributed by atoms with Crippen molar-refractivity contribution < 1.29 is 14.1 Å². The van der Waals surface area contributed by atoms with E-state index in [4.69, 9.17) is 4.52 Å². The first-order valence-electron chi connectivity index (χ1n) is 9.14. The monoisotopic (exact) mass is 416 g/mol. The Bertz CT molecular complexity index is 977. The Kier molecular flexibility index (Phi) is 5.54. The quantitative estimate of drug-likeness (QED) is 0.622. The molecule has 1 unspecified atom stereocenters. The highest BCUT2D eigenvalue weighted by molar-refractivity contribution is 7.14. The number of hydrogen-bond donors (Lipinski definition) is 2. The van der Waals surface area contributed by atoms with Gasteiger partial charge in [0, 0.05) is 28.7 Å². The maximum Gasteiger partial charge on any atom is 0.279 e. The summed E-state index contributed by atoms with van der Waals surface area (Å²) in [5, 5.41) is 7.78. The van der Waals surface area contributed by atoms with Crippen LogP contribution in [0, 0.1) is 5.92 Å².